The summed E-state index contributed by atoms with van der Waals surface area (Å²) in [6.45, 7) is 4.34. The number of halogens is 2. The third-order valence-electron chi connectivity index (χ3n) is 3.68. The Morgan fingerprint density at radius 3 is 3.00 bits per heavy atom. The Balaban J connectivity index is 2.01. The van der Waals surface area contributed by atoms with Crippen molar-refractivity contribution in [3.05, 3.63) is 29.0 Å². The normalized spacial score (nSPS) is 22.8. The first-order chi connectivity index (χ1) is 8.56. The number of hydrogen-bond donors (Lipinski definition) is 1. The van der Waals surface area contributed by atoms with Gasteiger partial charge in [-0.05, 0) is 57.5 Å². The van der Waals surface area contributed by atoms with E-state index in [1.165, 1.54) is 18.9 Å². The average molecular weight is 271 g/mol. The van der Waals surface area contributed by atoms with E-state index in [2.05, 4.69) is 24.2 Å². The second kappa shape index (κ2) is 5.89. The monoisotopic (exact) mass is 270 g/mol. The first-order valence-electron chi connectivity index (χ1n) is 6.46. The molecule has 1 N–H and O–H groups in total. The minimum Gasteiger partial charge on any atom is -0.380 e. The highest BCUT2D eigenvalue weighted by Crippen LogP contribution is 2.25. The zero-order valence-corrected chi connectivity index (χ0v) is 11.7. The molecule has 1 heterocycles. The van der Waals surface area contributed by atoms with Gasteiger partial charge in [0.05, 0.1) is 5.69 Å². The standard InChI is InChI=1S/C14H20ClFN2/c1-10(11-4-3-7-18(2)9-11)17-14-8-12(15)5-6-13(14)16/h5-6,8,10-11,17H,3-4,7,9H2,1-2H3. The number of anilines is 1. The predicted molar refractivity (Wildman–Crippen MR) is 74.7 cm³/mol. The van der Waals surface area contributed by atoms with Crippen molar-refractivity contribution in [2.24, 2.45) is 5.92 Å². The van der Waals surface area contributed by atoms with Crippen LogP contribution in [0.1, 0.15) is 19.8 Å². The highest BCUT2D eigenvalue weighted by Gasteiger charge is 2.23. The van der Waals surface area contributed by atoms with Crippen molar-refractivity contribution in [2.45, 2.75) is 25.8 Å². The average Bonchev–Trinajstić information content (AvgIpc) is 2.34. The molecular formula is C14H20ClFN2. The van der Waals surface area contributed by atoms with E-state index in [0.29, 0.717) is 16.6 Å². The van der Waals surface area contributed by atoms with Crippen molar-refractivity contribution in [2.75, 3.05) is 25.5 Å². The second-order valence-corrected chi connectivity index (χ2v) is 5.66. The molecule has 0 aromatic heterocycles. The Labute approximate surface area is 113 Å². The SMILES string of the molecule is CC(Nc1cc(Cl)ccc1F)C1CCCN(C)C1. The Hall–Kier alpha value is -0.800. The third kappa shape index (κ3) is 3.36. The second-order valence-electron chi connectivity index (χ2n) is 5.22. The lowest BCUT2D eigenvalue weighted by atomic mass is 9.92. The van der Waals surface area contributed by atoms with Gasteiger partial charge in [0, 0.05) is 17.6 Å². The summed E-state index contributed by atoms with van der Waals surface area (Å²) in [7, 11) is 2.14. The maximum absolute atomic E-state index is 13.6. The summed E-state index contributed by atoms with van der Waals surface area (Å²) in [5, 5.41) is 3.82. The molecule has 4 heteroatoms. The molecular weight excluding hydrogens is 251 g/mol. The summed E-state index contributed by atoms with van der Waals surface area (Å²) >= 11 is 5.89. The molecule has 1 aliphatic rings. The van der Waals surface area contributed by atoms with Crippen LogP contribution in [0.2, 0.25) is 5.02 Å². The zero-order valence-electron chi connectivity index (χ0n) is 10.9. The van der Waals surface area contributed by atoms with Crippen LogP contribution in [-0.4, -0.2) is 31.1 Å². The lowest BCUT2D eigenvalue weighted by molar-refractivity contribution is 0.197. The minimum absolute atomic E-state index is 0.240. The Morgan fingerprint density at radius 2 is 2.28 bits per heavy atom. The van der Waals surface area contributed by atoms with Crippen molar-refractivity contribution in [3.8, 4) is 0 Å². The van der Waals surface area contributed by atoms with E-state index in [1.54, 1.807) is 12.1 Å². The van der Waals surface area contributed by atoms with Crippen LogP contribution in [0, 0.1) is 11.7 Å². The summed E-state index contributed by atoms with van der Waals surface area (Å²) in [4.78, 5) is 2.33. The molecule has 0 amide bonds. The molecule has 0 radical (unpaired) electrons. The molecule has 100 valence electrons. The van der Waals surface area contributed by atoms with Crippen molar-refractivity contribution >= 4 is 17.3 Å². The molecule has 1 fully saturated rings. The smallest absolute Gasteiger partial charge is 0.146 e. The van der Waals surface area contributed by atoms with Gasteiger partial charge < -0.3 is 10.2 Å². The van der Waals surface area contributed by atoms with Crippen molar-refractivity contribution in [3.63, 3.8) is 0 Å². The molecule has 18 heavy (non-hydrogen) atoms. The molecule has 2 nitrogen and oxygen atoms in total. The van der Waals surface area contributed by atoms with Crippen LogP contribution in [0.5, 0.6) is 0 Å². The van der Waals surface area contributed by atoms with E-state index in [-0.39, 0.29) is 11.9 Å². The van der Waals surface area contributed by atoms with Crippen LogP contribution in [0.15, 0.2) is 18.2 Å². The van der Waals surface area contributed by atoms with Gasteiger partial charge in [0.1, 0.15) is 5.82 Å². The number of rotatable bonds is 3. The fraction of sp³-hybridized carbons (Fsp3) is 0.571. The summed E-state index contributed by atoms with van der Waals surface area (Å²) in [5.41, 5.74) is 0.503. The van der Waals surface area contributed by atoms with Gasteiger partial charge in [-0.1, -0.05) is 11.6 Å². The molecule has 1 aliphatic heterocycles. The van der Waals surface area contributed by atoms with E-state index < -0.39 is 0 Å². The van der Waals surface area contributed by atoms with Gasteiger partial charge in [0.2, 0.25) is 0 Å². The molecule has 1 saturated heterocycles. The van der Waals surface area contributed by atoms with Gasteiger partial charge in [-0.2, -0.15) is 0 Å². The molecule has 2 unspecified atom stereocenters. The van der Waals surface area contributed by atoms with Gasteiger partial charge in [-0.3, -0.25) is 0 Å². The highest BCUT2D eigenvalue weighted by molar-refractivity contribution is 6.30. The van der Waals surface area contributed by atoms with E-state index in [0.717, 1.165) is 13.1 Å². The van der Waals surface area contributed by atoms with E-state index in [1.807, 2.05) is 0 Å². The first kappa shape index (κ1) is 13.6. The lowest BCUT2D eigenvalue weighted by Crippen LogP contribution is -2.40. The van der Waals surface area contributed by atoms with Crippen LogP contribution in [-0.2, 0) is 0 Å². The number of piperidine rings is 1. The third-order valence-corrected chi connectivity index (χ3v) is 3.91. The van der Waals surface area contributed by atoms with Crippen LogP contribution in [0.3, 0.4) is 0 Å². The van der Waals surface area contributed by atoms with Crippen LogP contribution in [0.4, 0.5) is 10.1 Å². The predicted octanol–water partition coefficient (Wildman–Crippen LogP) is 3.62. The zero-order chi connectivity index (χ0) is 13.1. The molecule has 1 aromatic rings. The molecule has 0 saturated carbocycles. The molecule has 0 aliphatic carbocycles. The summed E-state index contributed by atoms with van der Waals surface area (Å²) < 4.78 is 13.6. The fourth-order valence-corrected chi connectivity index (χ4v) is 2.76. The Bertz CT molecular complexity index is 411. The van der Waals surface area contributed by atoms with Crippen molar-refractivity contribution in [1.29, 1.82) is 0 Å². The van der Waals surface area contributed by atoms with Gasteiger partial charge in [-0.15, -0.1) is 0 Å². The lowest BCUT2D eigenvalue weighted by Gasteiger charge is -2.34. The quantitative estimate of drug-likeness (QED) is 0.902. The molecule has 2 atom stereocenters. The van der Waals surface area contributed by atoms with Gasteiger partial charge in [-0.25, -0.2) is 4.39 Å². The van der Waals surface area contributed by atoms with E-state index in [4.69, 9.17) is 11.6 Å². The largest absolute Gasteiger partial charge is 0.380 e. The van der Waals surface area contributed by atoms with Crippen molar-refractivity contribution in [1.82, 2.24) is 4.90 Å². The van der Waals surface area contributed by atoms with Gasteiger partial charge >= 0.3 is 0 Å². The van der Waals surface area contributed by atoms with Crippen LogP contribution < -0.4 is 5.32 Å². The number of nitrogens with zero attached hydrogens (tertiary/aromatic N) is 1. The Kier molecular flexibility index (Phi) is 4.46. The van der Waals surface area contributed by atoms with E-state index >= 15 is 0 Å². The minimum atomic E-state index is -0.240. The summed E-state index contributed by atoms with van der Waals surface area (Å²) in [6.07, 6.45) is 2.41. The number of benzene rings is 1. The number of likely N-dealkylation sites (tertiary alicyclic amines) is 1. The van der Waals surface area contributed by atoms with Gasteiger partial charge in [0.25, 0.3) is 0 Å². The Morgan fingerprint density at radius 1 is 1.50 bits per heavy atom. The fourth-order valence-electron chi connectivity index (χ4n) is 2.59. The topological polar surface area (TPSA) is 15.3 Å². The van der Waals surface area contributed by atoms with Gasteiger partial charge in [0.15, 0.2) is 0 Å². The maximum atomic E-state index is 13.6. The van der Waals surface area contributed by atoms with Crippen LogP contribution in [0.25, 0.3) is 0 Å². The number of nitrogens with one attached hydrogen (secondary N) is 1. The summed E-state index contributed by atoms with van der Waals surface area (Å²) in [6, 6.07) is 4.88. The summed E-state index contributed by atoms with van der Waals surface area (Å²) in [5.74, 6) is 0.317. The molecule has 1 aromatic carbocycles. The maximum Gasteiger partial charge on any atom is 0.146 e. The number of hydrogen-bond acceptors (Lipinski definition) is 2. The molecule has 0 bridgehead atoms. The first-order valence-corrected chi connectivity index (χ1v) is 6.84. The van der Waals surface area contributed by atoms with E-state index in [9.17, 15) is 4.39 Å². The molecule has 2 rings (SSSR count). The van der Waals surface area contributed by atoms with Crippen molar-refractivity contribution < 1.29 is 4.39 Å². The highest BCUT2D eigenvalue weighted by atomic mass is 35.5. The molecule has 0 spiro atoms. The van der Waals surface area contributed by atoms with Crippen LogP contribution >= 0.6 is 11.6 Å².